The van der Waals surface area contributed by atoms with Gasteiger partial charge in [-0.2, -0.15) is 0 Å². The van der Waals surface area contributed by atoms with Gasteiger partial charge in [0, 0.05) is 31.1 Å². The van der Waals surface area contributed by atoms with Crippen LogP contribution in [0.25, 0.3) is 0 Å². The quantitative estimate of drug-likeness (QED) is 0.464. The van der Waals surface area contributed by atoms with Crippen LogP contribution in [-0.4, -0.2) is 50.0 Å². The van der Waals surface area contributed by atoms with Gasteiger partial charge >= 0.3 is 0 Å². The number of hydrogen-bond acceptors (Lipinski definition) is 4. The van der Waals surface area contributed by atoms with Gasteiger partial charge in [-0.05, 0) is 69.4 Å². The number of nitrogens with zero attached hydrogens (tertiary/aromatic N) is 2. The monoisotopic (exact) mass is 531 g/mol. The number of anilines is 1. The van der Waals surface area contributed by atoms with E-state index in [-0.39, 0.29) is 43.8 Å². The van der Waals surface area contributed by atoms with E-state index >= 15 is 0 Å². The lowest BCUT2D eigenvalue weighted by Crippen LogP contribution is -2.49. The van der Waals surface area contributed by atoms with Gasteiger partial charge in [-0.1, -0.05) is 37.1 Å². The van der Waals surface area contributed by atoms with Crippen LogP contribution < -0.4 is 9.62 Å². The molecule has 1 aliphatic rings. The second-order valence-electron chi connectivity index (χ2n) is 10.1. The average Bonchev–Trinajstić information content (AvgIpc) is 3.32. The number of carbonyl (C=O) groups is 2. The van der Waals surface area contributed by atoms with Crippen molar-refractivity contribution in [2.24, 2.45) is 0 Å². The van der Waals surface area contributed by atoms with E-state index in [1.54, 1.807) is 37.3 Å². The van der Waals surface area contributed by atoms with Crippen molar-refractivity contribution in [3.63, 3.8) is 0 Å². The number of aryl methyl sites for hydroxylation is 2. The van der Waals surface area contributed by atoms with Crippen LogP contribution >= 0.6 is 0 Å². The Balaban J connectivity index is 1.74. The maximum atomic E-state index is 14.4. The van der Waals surface area contributed by atoms with Gasteiger partial charge in [0.2, 0.25) is 21.8 Å². The van der Waals surface area contributed by atoms with Gasteiger partial charge in [0.15, 0.2) is 0 Å². The molecular formula is C28H38FN3O4S. The molecule has 2 aromatic carbocycles. The predicted molar refractivity (Wildman–Crippen MR) is 144 cm³/mol. The van der Waals surface area contributed by atoms with Crippen molar-refractivity contribution in [1.29, 1.82) is 0 Å². The topological polar surface area (TPSA) is 86.8 Å². The highest BCUT2D eigenvalue weighted by Crippen LogP contribution is 2.23. The molecule has 1 aliphatic carbocycles. The molecule has 0 radical (unpaired) electrons. The lowest BCUT2D eigenvalue weighted by Gasteiger charge is -2.30. The molecule has 1 N–H and O–H groups in total. The second-order valence-corrected chi connectivity index (χ2v) is 12.0. The molecule has 2 aromatic rings. The first-order valence-electron chi connectivity index (χ1n) is 12.8. The molecule has 0 aliphatic heterocycles. The van der Waals surface area contributed by atoms with Gasteiger partial charge in [-0.25, -0.2) is 12.8 Å². The van der Waals surface area contributed by atoms with Crippen molar-refractivity contribution in [2.75, 3.05) is 17.1 Å². The van der Waals surface area contributed by atoms with Crippen molar-refractivity contribution >= 4 is 27.5 Å². The zero-order valence-electron chi connectivity index (χ0n) is 22.2. The van der Waals surface area contributed by atoms with Crippen LogP contribution in [0.1, 0.15) is 62.1 Å². The standard InChI is InChI=1S/C28H38FN3O4S/c1-20-16-21(2)18-25(17-20)32(37(4,35)36)15-9-14-27(33)31(19-23-10-5-8-13-26(23)29)22(3)28(34)30-24-11-6-7-12-24/h5,8,10,13,16-18,22,24H,6-7,9,11-12,14-15,19H2,1-4H3,(H,30,34)/t22-/m1/s1. The molecule has 202 valence electrons. The normalized spacial score (nSPS) is 14.8. The molecule has 1 fully saturated rings. The van der Waals surface area contributed by atoms with Gasteiger partial charge in [0.25, 0.3) is 0 Å². The number of benzene rings is 2. The van der Waals surface area contributed by atoms with E-state index in [2.05, 4.69) is 5.32 Å². The maximum Gasteiger partial charge on any atom is 0.242 e. The summed E-state index contributed by atoms with van der Waals surface area (Å²) >= 11 is 0. The van der Waals surface area contributed by atoms with Crippen LogP contribution in [0.2, 0.25) is 0 Å². The number of nitrogens with one attached hydrogen (secondary N) is 1. The summed E-state index contributed by atoms with van der Waals surface area (Å²) in [6, 6.07) is 11.1. The number of sulfonamides is 1. The Hall–Kier alpha value is -2.94. The van der Waals surface area contributed by atoms with Gasteiger partial charge in [-0.3, -0.25) is 13.9 Å². The molecule has 9 heteroatoms. The largest absolute Gasteiger partial charge is 0.352 e. The number of halogens is 1. The fourth-order valence-electron chi connectivity index (χ4n) is 4.88. The van der Waals surface area contributed by atoms with Crippen molar-refractivity contribution in [3.05, 3.63) is 65.0 Å². The minimum Gasteiger partial charge on any atom is -0.352 e. The number of amides is 2. The minimum atomic E-state index is -3.57. The predicted octanol–water partition coefficient (Wildman–Crippen LogP) is 4.46. The maximum absolute atomic E-state index is 14.4. The van der Waals surface area contributed by atoms with Crippen molar-refractivity contribution < 1.29 is 22.4 Å². The van der Waals surface area contributed by atoms with E-state index in [1.807, 2.05) is 19.9 Å². The van der Waals surface area contributed by atoms with Crippen molar-refractivity contribution in [3.8, 4) is 0 Å². The minimum absolute atomic E-state index is 0.0202. The third-order valence-electron chi connectivity index (χ3n) is 6.81. The average molecular weight is 532 g/mol. The van der Waals surface area contributed by atoms with Crippen molar-refractivity contribution in [1.82, 2.24) is 10.2 Å². The lowest BCUT2D eigenvalue weighted by atomic mass is 10.1. The summed E-state index contributed by atoms with van der Waals surface area (Å²) in [6.45, 7) is 5.53. The molecule has 1 atom stereocenters. The van der Waals surface area contributed by atoms with Gasteiger partial charge in [-0.15, -0.1) is 0 Å². The molecular weight excluding hydrogens is 493 g/mol. The van der Waals surface area contributed by atoms with Crippen LogP contribution in [0.3, 0.4) is 0 Å². The number of hydrogen-bond donors (Lipinski definition) is 1. The van der Waals surface area contributed by atoms with E-state index < -0.39 is 21.9 Å². The molecule has 0 aromatic heterocycles. The summed E-state index contributed by atoms with van der Waals surface area (Å²) in [7, 11) is -3.57. The van der Waals surface area contributed by atoms with E-state index in [0.717, 1.165) is 43.1 Å². The first kappa shape index (κ1) is 28.6. The molecule has 3 rings (SSSR count). The Kier molecular flexibility index (Phi) is 9.70. The lowest BCUT2D eigenvalue weighted by molar-refractivity contribution is -0.141. The summed E-state index contributed by atoms with van der Waals surface area (Å²) in [5.74, 6) is -1.03. The highest BCUT2D eigenvalue weighted by molar-refractivity contribution is 7.92. The van der Waals surface area contributed by atoms with E-state index in [1.165, 1.54) is 15.3 Å². The Labute approximate surface area is 220 Å². The van der Waals surface area contributed by atoms with E-state index in [4.69, 9.17) is 0 Å². The Morgan fingerprint density at radius 3 is 2.30 bits per heavy atom. The first-order chi connectivity index (χ1) is 17.5. The second kappa shape index (κ2) is 12.5. The van der Waals surface area contributed by atoms with Gasteiger partial charge in [0.05, 0.1) is 11.9 Å². The highest BCUT2D eigenvalue weighted by Gasteiger charge is 2.29. The zero-order chi connectivity index (χ0) is 27.2. The third-order valence-corrected chi connectivity index (χ3v) is 8.01. The van der Waals surface area contributed by atoms with E-state index in [9.17, 15) is 22.4 Å². The number of carbonyl (C=O) groups excluding carboxylic acids is 2. The summed E-state index contributed by atoms with van der Waals surface area (Å²) in [4.78, 5) is 27.8. The van der Waals surface area contributed by atoms with Gasteiger partial charge < -0.3 is 10.2 Å². The Morgan fingerprint density at radius 2 is 1.70 bits per heavy atom. The Bertz CT molecular complexity index is 1190. The fourth-order valence-corrected chi connectivity index (χ4v) is 5.83. The number of rotatable bonds is 11. The Morgan fingerprint density at radius 1 is 1.08 bits per heavy atom. The van der Waals surface area contributed by atoms with E-state index in [0.29, 0.717) is 11.3 Å². The molecule has 7 nitrogen and oxygen atoms in total. The summed E-state index contributed by atoms with van der Waals surface area (Å²) in [5.41, 5.74) is 2.76. The zero-order valence-corrected chi connectivity index (χ0v) is 23.0. The summed E-state index contributed by atoms with van der Waals surface area (Å²) < 4.78 is 40.8. The van der Waals surface area contributed by atoms with Crippen LogP contribution in [0.4, 0.5) is 10.1 Å². The smallest absolute Gasteiger partial charge is 0.242 e. The molecule has 0 saturated heterocycles. The SMILES string of the molecule is Cc1cc(C)cc(N(CCCC(=O)N(Cc2ccccc2F)[C@H](C)C(=O)NC2CCCC2)S(C)(=O)=O)c1. The molecule has 1 saturated carbocycles. The molecule has 0 unspecified atom stereocenters. The molecule has 2 amide bonds. The first-order valence-corrected chi connectivity index (χ1v) is 14.7. The van der Waals surface area contributed by atoms with Crippen LogP contribution in [0, 0.1) is 19.7 Å². The van der Waals surface area contributed by atoms with Crippen LogP contribution in [0.15, 0.2) is 42.5 Å². The molecule has 0 spiro atoms. The third kappa shape index (κ3) is 8.02. The summed E-state index contributed by atoms with van der Waals surface area (Å²) in [6.07, 6.45) is 5.38. The molecule has 37 heavy (non-hydrogen) atoms. The highest BCUT2D eigenvalue weighted by atomic mass is 32.2. The summed E-state index contributed by atoms with van der Waals surface area (Å²) in [5, 5.41) is 3.03. The van der Waals surface area contributed by atoms with Gasteiger partial charge in [0.1, 0.15) is 11.9 Å². The van der Waals surface area contributed by atoms with Crippen LogP contribution in [0.5, 0.6) is 0 Å². The molecule has 0 bridgehead atoms. The van der Waals surface area contributed by atoms with Crippen molar-refractivity contribution in [2.45, 2.75) is 77.9 Å². The van der Waals surface area contributed by atoms with Crippen LogP contribution in [-0.2, 0) is 26.2 Å². The fraction of sp³-hybridized carbons (Fsp3) is 0.500. The molecule has 0 heterocycles.